The van der Waals surface area contributed by atoms with Crippen molar-refractivity contribution >= 4 is 33.9 Å². The van der Waals surface area contributed by atoms with Crippen molar-refractivity contribution in [3.05, 3.63) is 42.5 Å². The summed E-state index contributed by atoms with van der Waals surface area (Å²) in [6, 6.07) is 14.1. The van der Waals surface area contributed by atoms with E-state index in [9.17, 15) is 4.21 Å². The minimum atomic E-state index is -0.934. The fourth-order valence-electron chi connectivity index (χ4n) is 1.80. The highest BCUT2D eigenvalue weighted by molar-refractivity contribution is 7.99. The SMILES string of the molecule is CS(=O)c1ccc2c(c1)Nc1ccccc1S2. The summed E-state index contributed by atoms with van der Waals surface area (Å²) in [5, 5.41) is 3.38. The third-order valence-corrected chi connectivity index (χ3v) is 4.73. The zero-order valence-electron chi connectivity index (χ0n) is 9.27. The molecule has 0 amide bonds. The molecular weight excluding hydrogens is 250 g/mol. The topological polar surface area (TPSA) is 29.1 Å². The molecule has 0 spiro atoms. The minimum Gasteiger partial charge on any atom is -0.354 e. The van der Waals surface area contributed by atoms with Gasteiger partial charge in [0.05, 0.1) is 11.4 Å². The molecular formula is C13H11NOS2. The van der Waals surface area contributed by atoms with E-state index >= 15 is 0 Å². The summed E-state index contributed by atoms with van der Waals surface area (Å²) < 4.78 is 11.5. The molecule has 1 N–H and O–H groups in total. The number of nitrogens with one attached hydrogen (secondary N) is 1. The summed E-state index contributed by atoms with van der Waals surface area (Å²) >= 11 is 1.74. The van der Waals surface area contributed by atoms with Gasteiger partial charge in [-0.05, 0) is 30.3 Å². The number of anilines is 2. The first-order valence-electron chi connectivity index (χ1n) is 5.25. The first-order chi connectivity index (χ1) is 8.24. The second kappa shape index (κ2) is 4.20. The molecule has 2 aromatic rings. The van der Waals surface area contributed by atoms with Crippen LogP contribution in [0.5, 0.6) is 0 Å². The zero-order chi connectivity index (χ0) is 11.8. The van der Waals surface area contributed by atoms with Crippen molar-refractivity contribution in [2.24, 2.45) is 0 Å². The van der Waals surface area contributed by atoms with Crippen LogP contribution in [0.3, 0.4) is 0 Å². The largest absolute Gasteiger partial charge is 0.354 e. The van der Waals surface area contributed by atoms with Crippen LogP contribution in [-0.2, 0) is 10.8 Å². The normalized spacial score (nSPS) is 14.4. The fraction of sp³-hybridized carbons (Fsp3) is 0.0769. The van der Waals surface area contributed by atoms with Crippen molar-refractivity contribution < 1.29 is 4.21 Å². The Labute approximate surface area is 107 Å². The Morgan fingerprint density at radius 2 is 1.82 bits per heavy atom. The molecule has 1 aliphatic heterocycles. The van der Waals surface area contributed by atoms with Gasteiger partial charge >= 0.3 is 0 Å². The van der Waals surface area contributed by atoms with Crippen molar-refractivity contribution in [2.45, 2.75) is 14.7 Å². The summed E-state index contributed by atoms with van der Waals surface area (Å²) in [6.45, 7) is 0. The van der Waals surface area contributed by atoms with Crippen LogP contribution in [0, 0.1) is 0 Å². The number of hydrogen-bond donors (Lipinski definition) is 1. The summed E-state index contributed by atoms with van der Waals surface area (Å²) in [6.07, 6.45) is 1.70. The molecule has 1 unspecified atom stereocenters. The Balaban J connectivity index is 2.06. The van der Waals surface area contributed by atoms with E-state index in [0.29, 0.717) is 0 Å². The fourth-order valence-corrected chi connectivity index (χ4v) is 3.31. The average molecular weight is 261 g/mol. The van der Waals surface area contributed by atoms with Crippen molar-refractivity contribution in [1.29, 1.82) is 0 Å². The predicted molar refractivity (Wildman–Crippen MR) is 72.6 cm³/mol. The van der Waals surface area contributed by atoms with Gasteiger partial charge in [0, 0.05) is 31.7 Å². The molecule has 2 nitrogen and oxygen atoms in total. The lowest BCUT2D eigenvalue weighted by molar-refractivity contribution is 0.687. The van der Waals surface area contributed by atoms with Gasteiger partial charge in [-0.3, -0.25) is 4.21 Å². The van der Waals surface area contributed by atoms with E-state index in [1.807, 2.05) is 30.3 Å². The molecule has 4 heteroatoms. The molecule has 17 heavy (non-hydrogen) atoms. The second-order valence-corrected chi connectivity index (χ2v) is 6.30. The van der Waals surface area contributed by atoms with Crippen LogP contribution in [0.15, 0.2) is 57.2 Å². The summed E-state index contributed by atoms with van der Waals surface area (Å²) in [4.78, 5) is 3.26. The van der Waals surface area contributed by atoms with Gasteiger partial charge in [-0.2, -0.15) is 0 Å². The number of hydrogen-bond acceptors (Lipinski definition) is 3. The van der Waals surface area contributed by atoms with Crippen LogP contribution in [0.25, 0.3) is 0 Å². The van der Waals surface area contributed by atoms with Crippen LogP contribution in [0.1, 0.15) is 0 Å². The maximum atomic E-state index is 11.5. The molecule has 0 saturated heterocycles. The van der Waals surface area contributed by atoms with Crippen LogP contribution in [-0.4, -0.2) is 10.5 Å². The van der Waals surface area contributed by atoms with Gasteiger partial charge in [0.15, 0.2) is 0 Å². The van der Waals surface area contributed by atoms with E-state index in [1.165, 1.54) is 9.79 Å². The zero-order valence-corrected chi connectivity index (χ0v) is 10.9. The first kappa shape index (κ1) is 10.9. The molecule has 1 atom stereocenters. The lowest BCUT2D eigenvalue weighted by Gasteiger charge is -2.20. The predicted octanol–water partition coefficient (Wildman–Crippen LogP) is 3.63. The maximum Gasteiger partial charge on any atom is 0.0538 e. The van der Waals surface area contributed by atoms with Crippen molar-refractivity contribution in [2.75, 3.05) is 11.6 Å². The Hall–Kier alpha value is -1.26. The van der Waals surface area contributed by atoms with E-state index in [4.69, 9.17) is 0 Å². The Morgan fingerprint density at radius 1 is 1.06 bits per heavy atom. The molecule has 0 saturated carbocycles. The highest BCUT2D eigenvalue weighted by atomic mass is 32.2. The lowest BCUT2D eigenvalue weighted by atomic mass is 10.2. The quantitative estimate of drug-likeness (QED) is 0.725. The molecule has 0 aromatic heterocycles. The van der Waals surface area contributed by atoms with E-state index in [1.54, 1.807) is 18.0 Å². The summed E-state index contributed by atoms with van der Waals surface area (Å²) in [5.41, 5.74) is 2.16. The van der Waals surface area contributed by atoms with E-state index in [-0.39, 0.29) is 0 Å². The minimum absolute atomic E-state index is 0.858. The molecule has 2 aromatic carbocycles. The summed E-state index contributed by atoms with van der Waals surface area (Å²) in [5.74, 6) is 0. The van der Waals surface area contributed by atoms with Crippen molar-refractivity contribution in [1.82, 2.24) is 0 Å². The van der Waals surface area contributed by atoms with E-state index in [0.717, 1.165) is 16.3 Å². The molecule has 0 fully saturated rings. The van der Waals surface area contributed by atoms with Crippen LogP contribution >= 0.6 is 11.8 Å². The van der Waals surface area contributed by atoms with Gasteiger partial charge in [0.1, 0.15) is 0 Å². The molecule has 0 aliphatic carbocycles. The second-order valence-electron chi connectivity index (χ2n) is 3.84. The van der Waals surface area contributed by atoms with Gasteiger partial charge < -0.3 is 5.32 Å². The van der Waals surface area contributed by atoms with Gasteiger partial charge in [-0.15, -0.1) is 0 Å². The lowest BCUT2D eigenvalue weighted by Crippen LogP contribution is -2.00. The summed E-state index contributed by atoms with van der Waals surface area (Å²) in [7, 11) is -0.934. The number of benzene rings is 2. The Morgan fingerprint density at radius 3 is 2.65 bits per heavy atom. The van der Waals surface area contributed by atoms with Gasteiger partial charge in [0.2, 0.25) is 0 Å². The monoisotopic (exact) mass is 261 g/mol. The molecule has 86 valence electrons. The van der Waals surface area contributed by atoms with Crippen molar-refractivity contribution in [3.8, 4) is 0 Å². The Bertz CT molecular complexity index is 610. The maximum absolute atomic E-state index is 11.5. The Kier molecular flexibility index (Phi) is 2.68. The van der Waals surface area contributed by atoms with Gasteiger partial charge in [-0.1, -0.05) is 23.9 Å². The van der Waals surface area contributed by atoms with E-state index in [2.05, 4.69) is 17.4 Å². The average Bonchev–Trinajstić information content (AvgIpc) is 2.35. The highest BCUT2D eigenvalue weighted by Gasteiger charge is 2.15. The first-order valence-corrected chi connectivity index (χ1v) is 7.63. The number of rotatable bonds is 1. The molecule has 1 heterocycles. The third kappa shape index (κ3) is 1.98. The molecule has 1 aliphatic rings. The third-order valence-electron chi connectivity index (χ3n) is 2.66. The smallest absolute Gasteiger partial charge is 0.0538 e. The van der Waals surface area contributed by atoms with Gasteiger partial charge in [-0.25, -0.2) is 0 Å². The van der Waals surface area contributed by atoms with E-state index < -0.39 is 10.8 Å². The standard InChI is InChI=1S/C13H11NOS2/c1-17(15)9-6-7-13-11(8-9)14-10-4-2-3-5-12(10)16-13/h2-8,14H,1H3. The van der Waals surface area contributed by atoms with Crippen LogP contribution in [0.2, 0.25) is 0 Å². The molecule has 0 bridgehead atoms. The van der Waals surface area contributed by atoms with Crippen molar-refractivity contribution in [3.63, 3.8) is 0 Å². The van der Waals surface area contributed by atoms with Crippen LogP contribution in [0.4, 0.5) is 11.4 Å². The number of para-hydroxylation sites is 1. The van der Waals surface area contributed by atoms with Crippen LogP contribution < -0.4 is 5.32 Å². The highest BCUT2D eigenvalue weighted by Crippen LogP contribution is 2.44. The molecule has 0 radical (unpaired) electrons. The molecule has 3 rings (SSSR count). The van der Waals surface area contributed by atoms with Gasteiger partial charge in [0.25, 0.3) is 0 Å². The number of fused-ring (bicyclic) bond motifs is 2.